The summed E-state index contributed by atoms with van der Waals surface area (Å²) in [6.45, 7) is 4.12. The molecule has 1 aliphatic carbocycles. The normalized spacial score (nSPS) is 15.9. The first kappa shape index (κ1) is 21.8. The van der Waals surface area contributed by atoms with Crippen molar-refractivity contribution >= 4 is 28.1 Å². The first-order valence-electron chi connectivity index (χ1n) is 11.2. The number of amides is 1. The molecule has 0 saturated heterocycles. The number of anilines is 1. The summed E-state index contributed by atoms with van der Waals surface area (Å²) in [5.74, 6) is 0.739. The zero-order valence-corrected chi connectivity index (χ0v) is 18.5. The maximum absolute atomic E-state index is 13.6. The van der Waals surface area contributed by atoms with Crippen LogP contribution < -0.4 is 10.1 Å². The van der Waals surface area contributed by atoms with E-state index in [4.69, 9.17) is 4.74 Å². The number of hydrogen-bond acceptors (Lipinski definition) is 4. The van der Waals surface area contributed by atoms with Crippen LogP contribution in [0.5, 0.6) is 5.75 Å². The SMILES string of the molecule is CC[C@H](C)Oc1ccc(NC(=O)C2(c3ccc([N+](=O)[O-])cc3)CCCC2)c2ccccc12. The molecule has 6 heteroatoms. The van der Waals surface area contributed by atoms with Crippen molar-refractivity contribution in [1.82, 2.24) is 0 Å². The monoisotopic (exact) mass is 432 g/mol. The number of nitro benzene ring substituents is 1. The number of benzene rings is 3. The molecule has 166 valence electrons. The van der Waals surface area contributed by atoms with Crippen molar-refractivity contribution in [3.8, 4) is 5.75 Å². The topological polar surface area (TPSA) is 81.5 Å². The maximum atomic E-state index is 13.6. The van der Waals surface area contributed by atoms with Gasteiger partial charge in [0, 0.05) is 28.6 Å². The van der Waals surface area contributed by atoms with E-state index in [9.17, 15) is 14.9 Å². The number of rotatable bonds is 7. The Labute approximate surface area is 187 Å². The summed E-state index contributed by atoms with van der Waals surface area (Å²) in [5.41, 5.74) is 0.932. The van der Waals surface area contributed by atoms with Crippen LogP contribution >= 0.6 is 0 Å². The Bertz CT molecular complexity index is 1130. The zero-order valence-electron chi connectivity index (χ0n) is 18.5. The first-order valence-corrected chi connectivity index (χ1v) is 11.2. The van der Waals surface area contributed by atoms with Gasteiger partial charge in [-0.25, -0.2) is 0 Å². The van der Waals surface area contributed by atoms with E-state index in [1.165, 1.54) is 12.1 Å². The van der Waals surface area contributed by atoms with Crippen LogP contribution in [-0.4, -0.2) is 16.9 Å². The fraction of sp³-hybridized carbons (Fsp3) is 0.346. The molecular formula is C26H28N2O4. The lowest BCUT2D eigenvalue weighted by Crippen LogP contribution is -2.38. The lowest BCUT2D eigenvalue weighted by molar-refractivity contribution is -0.384. The van der Waals surface area contributed by atoms with Gasteiger partial charge in [-0.1, -0.05) is 56.2 Å². The van der Waals surface area contributed by atoms with E-state index < -0.39 is 10.3 Å². The number of fused-ring (bicyclic) bond motifs is 1. The fourth-order valence-electron chi connectivity index (χ4n) is 4.55. The standard InChI is InChI=1S/C26H28N2O4/c1-3-18(2)32-24-15-14-23(21-8-4-5-9-22(21)24)27-25(29)26(16-6-7-17-26)19-10-12-20(13-11-19)28(30)31/h4-5,8-15,18H,3,6-7,16-17H2,1-2H3,(H,27,29)/t18-/m0/s1. The summed E-state index contributed by atoms with van der Waals surface area (Å²) < 4.78 is 6.09. The highest BCUT2D eigenvalue weighted by Crippen LogP contribution is 2.43. The number of non-ortho nitro benzene ring substituents is 1. The van der Waals surface area contributed by atoms with Crippen molar-refractivity contribution in [2.24, 2.45) is 0 Å². The molecule has 6 nitrogen and oxygen atoms in total. The molecule has 1 saturated carbocycles. The average Bonchev–Trinajstić information content (AvgIpc) is 3.32. The molecule has 0 heterocycles. The molecule has 1 N–H and O–H groups in total. The second-order valence-electron chi connectivity index (χ2n) is 8.54. The summed E-state index contributed by atoms with van der Waals surface area (Å²) in [6.07, 6.45) is 4.36. The van der Waals surface area contributed by atoms with E-state index in [0.29, 0.717) is 0 Å². The van der Waals surface area contributed by atoms with E-state index in [1.54, 1.807) is 12.1 Å². The number of carbonyl (C=O) groups is 1. The van der Waals surface area contributed by atoms with E-state index in [-0.39, 0.29) is 17.7 Å². The predicted molar refractivity (Wildman–Crippen MR) is 126 cm³/mol. The minimum Gasteiger partial charge on any atom is -0.490 e. The Hall–Kier alpha value is -3.41. The van der Waals surface area contributed by atoms with Gasteiger partial charge in [0.1, 0.15) is 5.75 Å². The van der Waals surface area contributed by atoms with Crippen molar-refractivity contribution in [2.75, 3.05) is 5.32 Å². The summed E-state index contributed by atoms with van der Waals surface area (Å²) in [6, 6.07) is 18.1. The van der Waals surface area contributed by atoms with Gasteiger partial charge in [-0.05, 0) is 43.9 Å². The lowest BCUT2D eigenvalue weighted by Gasteiger charge is -2.28. The second-order valence-corrected chi connectivity index (χ2v) is 8.54. The molecule has 3 aromatic rings. The smallest absolute Gasteiger partial charge is 0.269 e. The number of nitrogens with zero attached hydrogens (tertiary/aromatic N) is 1. The van der Waals surface area contributed by atoms with Crippen molar-refractivity contribution in [1.29, 1.82) is 0 Å². The van der Waals surface area contributed by atoms with E-state index in [0.717, 1.165) is 59.9 Å². The van der Waals surface area contributed by atoms with Crippen molar-refractivity contribution in [3.05, 3.63) is 76.3 Å². The van der Waals surface area contributed by atoms with Crippen LogP contribution in [0.3, 0.4) is 0 Å². The largest absolute Gasteiger partial charge is 0.490 e. The van der Waals surface area contributed by atoms with Gasteiger partial charge >= 0.3 is 0 Å². The third kappa shape index (κ3) is 4.05. The Morgan fingerprint density at radius 1 is 1.06 bits per heavy atom. The number of hydrogen-bond donors (Lipinski definition) is 1. The van der Waals surface area contributed by atoms with Crippen LogP contribution in [-0.2, 0) is 10.2 Å². The highest BCUT2D eigenvalue weighted by molar-refractivity contribution is 6.07. The third-order valence-corrected chi connectivity index (χ3v) is 6.56. The lowest BCUT2D eigenvalue weighted by atomic mass is 9.78. The molecule has 3 aromatic carbocycles. The summed E-state index contributed by atoms with van der Waals surface area (Å²) in [7, 11) is 0. The van der Waals surface area contributed by atoms with Gasteiger partial charge in [-0.15, -0.1) is 0 Å². The highest BCUT2D eigenvalue weighted by Gasteiger charge is 2.43. The minimum absolute atomic E-state index is 0.0326. The molecule has 4 rings (SSSR count). The van der Waals surface area contributed by atoms with Crippen LogP contribution in [0.2, 0.25) is 0 Å². The predicted octanol–water partition coefficient (Wildman–Crippen LogP) is 6.38. The Morgan fingerprint density at radius 2 is 1.72 bits per heavy atom. The van der Waals surface area contributed by atoms with Gasteiger partial charge in [0.25, 0.3) is 5.69 Å². The van der Waals surface area contributed by atoms with Gasteiger partial charge in [-0.2, -0.15) is 0 Å². The van der Waals surface area contributed by atoms with Crippen LogP contribution in [0.25, 0.3) is 10.8 Å². The molecule has 0 aromatic heterocycles. The molecule has 0 aliphatic heterocycles. The molecule has 0 radical (unpaired) electrons. The highest BCUT2D eigenvalue weighted by atomic mass is 16.6. The van der Waals surface area contributed by atoms with Crippen molar-refractivity contribution < 1.29 is 14.5 Å². The van der Waals surface area contributed by atoms with Crippen molar-refractivity contribution in [3.63, 3.8) is 0 Å². The summed E-state index contributed by atoms with van der Waals surface area (Å²) >= 11 is 0. The van der Waals surface area contributed by atoms with Gasteiger partial charge in [0.05, 0.1) is 16.4 Å². The van der Waals surface area contributed by atoms with Crippen molar-refractivity contribution in [2.45, 2.75) is 57.5 Å². The number of carbonyl (C=O) groups excluding carboxylic acids is 1. The molecule has 1 aliphatic rings. The van der Waals surface area contributed by atoms with E-state index in [1.807, 2.05) is 43.3 Å². The van der Waals surface area contributed by atoms with Crippen LogP contribution in [0.15, 0.2) is 60.7 Å². The molecule has 1 fully saturated rings. The van der Waals surface area contributed by atoms with Crippen LogP contribution in [0.1, 0.15) is 51.5 Å². The van der Waals surface area contributed by atoms with Gasteiger partial charge < -0.3 is 10.1 Å². The molecule has 1 atom stereocenters. The number of nitro groups is 1. The van der Waals surface area contributed by atoms with Gasteiger partial charge in [0.2, 0.25) is 5.91 Å². The molecule has 1 amide bonds. The second kappa shape index (κ2) is 8.99. The van der Waals surface area contributed by atoms with Gasteiger partial charge in [0.15, 0.2) is 0 Å². The zero-order chi connectivity index (χ0) is 22.7. The molecule has 0 spiro atoms. The molecule has 32 heavy (non-hydrogen) atoms. The molecule has 0 bridgehead atoms. The average molecular weight is 433 g/mol. The van der Waals surface area contributed by atoms with E-state index in [2.05, 4.69) is 12.2 Å². The quantitative estimate of drug-likeness (QED) is 0.347. The summed E-state index contributed by atoms with van der Waals surface area (Å²) in [4.78, 5) is 24.3. The van der Waals surface area contributed by atoms with E-state index >= 15 is 0 Å². The van der Waals surface area contributed by atoms with Crippen LogP contribution in [0.4, 0.5) is 11.4 Å². The van der Waals surface area contributed by atoms with Gasteiger partial charge in [-0.3, -0.25) is 14.9 Å². The number of ether oxygens (including phenoxy) is 1. The number of nitrogens with one attached hydrogen (secondary N) is 1. The third-order valence-electron chi connectivity index (χ3n) is 6.56. The Morgan fingerprint density at radius 3 is 2.34 bits per heavy atom. The molecular weight excluding hydrogens is 404 g/mol. The summed E-state index contributed by atoms with van der Waals surface area (Å²) in [5, 5.41) is 16.1. The maximum Gasteiger partial charge on any atom is 0.269 e. The first-order chi connectivity index (χ1) is 15.4. The molecule has 0 unspecified atom stereocenters. The Kier molecular flexibility index (Phi) is 6.12. The minimum atomic E-state index is -0.678. The Balaban J connectivity index is 1.67. The fourth-order valence-corrected chi connectivity index (χ4v) is 4.55. The van der Waals surface area contributed by atoms with Crippen LogP contribution in [0, 0.1) is 10.1 Å².